The number of aromatic nitrogens is 3. The molecule has 0 saturated heterocycles. The van der Waals surface area contributed by atoms with E-state index in [1.807, 2.05) is 0 Å². The number of aryl methyl sites for hydroxylation is 1. The van der Waals surface area contributed by atoms with E-state index < -0.39 is 10.0 Å². The van der Waals surface area contributed by atoms with Crippen LogP contribution in [0.3, 0.4) is 0 Å². The van der Waals surface area contributed by atoms with Gasteiger partial charge in [-0.1, -0.05) is 0 Å². The van der Waals surface area contributed by atoms with Crippen molar-refractivity contribution in [2.75, 3.05) is 5.43 Å². The van der Waals surface area contributed by atoms with Crippen LogP contribution < -0.4 is 16.0 Å². The summed E-state index contributed by atoms with van der Waals surface area (Å²) >= 11 is 0. The Balaban J connectivity index is 2.17. The minimum atomic E-state index is -3.73. The van der Waals surface area contributed by atoms with E-state index in [2.05, 4.69) is 25.1 Å². The standard InChI is InChI=1S/C11H14N6O2S/c1-8-4-15-9(5-14-8)6-16-20(18,19)11-7-13-3-2-10(11)17-12/h2-5,7,16H,6,12H2,1H3,(H,13,17). The summed E-state index contributed by atoms with van der Waals surface area (Å²) < 4.78 is 26.7. The summed E-state index contributed by atoms with van der Waals surface area (Å²) in [5, 5.41) is 0. The van der Waals surface area contributed by atoms with E-state index in [1.54, 1.807) is 13.1 Å². The molecule has 9 heteroatoms. The second-order valence-electron chi connectivity index (χ2n) is 3.99. The lowest BCUT2D eigenvalue weighted by Crippen LogP contribution is -2.25. The zero-order chi connectivity index (χ0) is 14.6. The SMILES string of the molecule is Cc1cnc(CNS(=O)(=O)c2cnccc2NN)cn1. The Bertz CT molecular complexity index is 686. The number of rotatable bonds is 5. The third-order valence-corrected chi connectivity index (χ3v) is 3.94. The molecule has 2 aromatic rings. The monoisotopic (exact) mass is 294 g/mol. The molecule has 2 rings (SSSR count). The van der Waals surface area contributed by atoms with Crippen LogP contribution in [0.25, 0.3) is 0 Å². The number of nitrogens with one attached hydrogen (secondary N) is 2. The molecule has 106 valence electrons. The highest BCUT2D eigenvalue weighted by molar-refractivity contribution is 7.89. The second-order valence-corrected chi connectivity index (χ2v) is 5.73. The zero-order valence-electron chi connectivity index (χ0n) is 10.7. The van der Waals surface area contributed by atoms with Crippen LogP contribution in [0.15, 0.2) is 35.7 Å². The van der Waals surface area contributed by atoms with Gasteiger partial charge in [0, 0.05) is 18.6 Å². The van der Waals surface area contributed by atoms with Crippen LogP contribution in [-0.2, 0) is 16.6 Å². The summed E-state index contributed by atoms with van der Waals surface area (Å²) in [5.41, 5.74) is 3.87. The van der Waals surface area contributed by atoms with E-state index in [0.717, 1.165) is 5.69 Å². The third kappa shape index (κ3) is 3.26. The Morgan fingerprint density at radius 2 is 2.05 bits per heavy atom. The molecule has 0 fully saturated rings. The molecule has 0 spiro atoms. The number of hydrazine groups is 1. The van der Waals surface area contributed by atoms with Crippen LogP contribution in [-0.4, -0.2) is 23.4 Å². The predicted octanol–water partition coefficient (Wildman–Crippen LogP) is -0.0559. The molecule has 0 bridgehead atoms. The first kappa shape index (κ1) is 14.3. The smallest absolute Gasteiger partial charge is 0.244 e. The highest BCUT2D eigenvalue weighted by Gasteiger charge is 2.18. The van der Waals surface area contributed by atoms with E-state index in [-0.39, 0.29) is 17.1 Å². The van der Waals surface area contributed by atoms with Gasteiger partial charge < -0.3 is 5.43 Å². The number of hydrogen-bond donors (Lipinski definition) is 3. The summed E-state index contributed by atoms with van der Waals surface area (Å²) in [6, 6.07) is 1.47. The van der Waals surface area contributed by atoms with Crippen LogP contribution in [0, 0.1) is 6.92 Å². The molecule has 0 aliphatic heterocycles. The third-order valence-electron chi connectivity index (χ3n) is 2.51. The van der Waals surface area contributed by atoms with Gasteiger partial charge in [-0.25, -0.2) is 13.1 Å². The average molecular weight is 294 g/mol. The lowest BCUT2D eigenvalue weighted by molar-refractivity contribution is 0.580. The highest BCUT2D eigenvalue weighted by atomic mass is 32.2. The van der Waals surface area contributed by atoms with E-state index in [9.17, 15) is 8.42 Å². The molecule has 2 heterocycles. The van der Waals surface area contributed by atoms with Gasteiger partial charge in [-0.3, -0.25) is 20.8 Å². The number of sulfonamides is 1. The fourth-order valence-corrected chi connectivity index (χ4v) is 2.58. The fourth-order valence-electron chi connectivity index (χ4n) is 1.47. The number of nitrogens with two attached hydrogens (primary N) is 1. The quantitative estimate of drug-likeness (QED) is 0.521. The van der Waals surface area contributed by atoms with Crippen molar-refractivity contribution in [1.29, 1.82) is 0 Å². The van der Waals surface area contributed by atoms with Crippen LogP contribution >= 0.6 is 0 Å². The Labute approximate surface area is 116 Å². The Hall–Kier alpha value is -2.10. The van der Waals surface area contributed by atoms with Crippen molar-refractivity contribution in [1.82, 2.24) is 19.7 Å². The summed E-state index contributed by atoms with van der Waals surface area (Å²) in [7, 11) is -3.73. The summed E-state index contributed by atoms with van der Waals surface area (Å²) in [5.74, 6) is 5.28. The van der Waals surface area contributed by atoms with Crippen molar-refractivity contribution >= 4 is 15.7 Å². The van der Waals surface area contributed by atoms with Crippen molar-refractivity contribution in [2.24, 2.45) is 5.84 Å². The lowest BCUT2D eigenvalue weighted by Gasteiger charge is -2.10. The van der Waals surface area contributed by atoms with Crippen LogP contribution in [0.4, 0.5) is 5.69 Å². The predicted molar refractivity (Wildman–Crippen MR) is 72.8 cm³/mol. The van der Waals surface area contributed by atoms with Gasteiger partial charge in [-0.2, -0.15) is 0 Å². The molecule has 0 aromatic carbocycles. The molecule has 8 nitrogen and oxygen atoms in total. The van der Waals surface area contributed by atoms with Gasteiger partial charge in [-0.15, -0.1) is 0 Å². The summed E-state index contributed by atoms with van der Waals surface area (Å²) in [6.07, 6.45) is 5.75. The first-order valence-corrected chi connectivity index (χ1v) is 7.19. The Kier molecular flexibility index (Phi) is 4.23. The second kappa shape index (κ2) is 5.90. The maximum atomic E-state index is 12.2. The van der Waals surface area contributed by atoms with Gasteiger partial charge in [0.25, 0.3) is 0 Å². The molecular weight excluding hydrogens is 280 g/mol. The van der Waals surface area contributed by atoms with Gasteiger partial charge in [0.2, 0.25) is 10.0 Å². The Morgan fingerprint density at radius 1 is 1.25 bits per heavy atom. The average Bonchev–Trinajstić information content (AvgIpc) is 2.46. The van der Waals surface area contributed by atoms with Crippen molar-refractivity contribution in [2.45, 2.75) is 18.4 Å². The van der Waals surface area contributed by atoms with Crippen molar-refractivity contribution in [3.05, 3.63) is 42.2 Å². The molecule has 0 atom stereocenters. The fraction of sp³-hybridized carbons (Fsp3) is 0.182. The molecule has 20 heavy (non-hydrogen) atoms. The van der Waals surface area contributed by atoms with Gasteiger partial charge >= 0.3 is 0 Å². The normalized spacial score (nSPS) is 11.3. The number of anilines is 1. The van der Waals surface area contributed by atoms with Crippen LogP contribution in [0.1, 0.15) is 11.4 Å². The zero-order valence-corrected chi connectivity index (χ0v) is 11.6. The van der Waals surface area contributed by atoms with Crippen LogP contribution in [0.2, 0.25) is 0 Å². The highest BCUT2D eigenvalue weighted by Crippen LogP contribution is 2.18. The number of nitrogens with zero attached hydrogens (tertiary/aromatic N) is 3. The first-order chi connectivity index (χ1) is 9.53. The number of nitrogen functional groups attached to an aromatic ring is 1. The van der Waals surface area contributed by atoms with E-state index in [4.69, 9.17) is 5.84 Å². The molecular formula is C11H14N6O2S. The van der Waals surface area contributed by atoms with Crippen molar-refractivity contribution < 1.29 is 8.42 Å². The van der Waals surface area contributed by atoms with E-state index in [1.165, 1.54) is 24.7 Å². The number of pyridine rings is 1. The van der Waals surface area contributed by atoms with Gasteiger partial charge in [0.05, 0.1) is 29.8 Å². The van der Waals surface area contributed by atoms with Crippen molar-refractivity contribution in [3.63, 3.8) is 0 Å². The van der Waals surface area contributed by atoms with Gasteiger partial charge in [0.15, 0.2) is 0 Å². The van der Waals surface area contributed by atoms with E-state index in [0.29, 0.717) is 5.69 Å². The first-order valence-electron chi connectivity index (χ1n) is 5.71. The molecule has 0 amide bonds. The van der Waals surface area contributed by atoms with Crippen molar-refractivity contribution in [3.8, 4) is 0 Å². The maximum absolute atomic E-state index is 12.2. The van der Waals surface area contributed by atoms with E-state index >= 15 is 0 Å². The molecule has 0 aliphatic carbocycles. The van der Waals surface area contributed by atoms with Gasteiger partial charge in [0.1, 0.15) is 4.90 Å². The Morgan fingerprint density at radius 3 is 2.70 bits per heavy atom. The minimum Gasteiger partial charge on any atom is -0.323 e. The molecule has 0 radical (unpaired) electrons. The lowest BCUT2D eigenvalue weighted by atomic mass is 10.4. The largest absolute Gasteiger partial charge is 0.323 e. The molecule has 0 unspecified atom stereocenters. The van der Waals surface area contributed by atoms with Crippen LogP contribution in [0.5, 0.6) is 0 Å². The number of hydrogen-bond acceptors (Lipinski definition) is 7. The molecule has 4 N–H and O–H groups in total. The molecule has 0 aliphatic rings. The molecule has 2 aromatic heterocycles. The summed E-state index contributed by atoms with van der Waals surface area (Å²) in [4.78, 5) is 11.9. The minimum absolute atomic E-state index is 0.0254. The summed E-state index contributed by atoms with van der Waals surface area (Å²) in [6.45, 7) is 1.84. The maximum Gasteiger partial charge on any atom is 0.244 e. The topological polar surface area (TPSA) is 123 Å². The van der Waals surface area contributed by atoms with Gasteiger partial charge in [-0.05, 0) is 13.0 Å². The molecule has 0 saturated carbocycles.